The van der Waals surface area contributed by atoms with Gasteiger partial charge in [0.05, 0.1) is 0 Å². The molecule has 5 amide bonds. The number of carbonyl (C=O) groups excluding carboxylic acids is 4. The highest BCUT2D eigenvalue weighted by Gasteiger charge is 2.52. The number of anilines is 1. The monoisotopic (exact) mass is 408 g/mol. The second kappa shape index (κ2) is 8.77. The smallest absolute Gasteiger partial charge is 0.325 e. The minimum atomic E-state index is -1.16. The molecule has 156 valence electrons. The highest BCUT2D eigenvalue weighted by Crippen LogP contribution is 2.33. The van der Waals surface area contributed by atoms with Gasteiger partial charge in [-0.15, -0.1) is 0 Å². The third kappa shape index (κ3) is 4.03. The number of nitrogens with zero attached hydrogens (tertiary/aromatic N) is 1. The van der Waals surface area contributed by atoms with Crippen LogP contribution in [0.2, 0.25) is 0 Å². The highest BCUT2D eigenvalue weighted by molar-refractivity contribution is 6.10. The molecule has 0 saturated carbocycles. The van der Waals surface area contributed by atoms with Gasteiger partial charge in [0.1, 0.15) is 12.1 Å². The molecule has 0 radical (unpaired) electrons. The molecule has 1 atom stereocenters. The van der Waals surface area contributed by atoms with Crippen LogP contribution < -0.4 is 16.0 Å². The maximum Gasteiger partial charge on any atom is 0.325 e. The lowest BCUT2D eigenvalue weighted by Gasteiger charge is -2.26. The van der Waals surface area contributed by atoms with E-state index in [0.717, 1.165) is 4.90 Å². The van der Waals surface area contributed by atoms with E-state index in [1.54, 1.807) is 36.4 Å². The van der Waals surface area contributed by atoms with Gasteiger partial charge in [-0.2, -0.15) is 0 Å². The highest BCUT2D eigenvalue weighted by atomic mass is 16.2. The van der Waals surface area contributed by atoms with Crippen molar-refractivity contribution in [2.45, 2.75) is 25.3 Å². The molecular weight excluding hydrogens is 384 g/mol. The molecule has 3 rings (SSSR count). The Morgan fingerprint density at radius 1 is 1.03 bits per heavy atom. The lowest BCUT2D eigenvalue weighted by atomic mass is 9.85. The Kier molecular flexibility index (Phi) is 6.15. The molecule has 1 heterocycles. The molecule has 2 aromatic rings. The van der Waals surface area contributed by atoms with E-state index in [0.29, 0.717) is 29.7 Å². The molecule has 0 aromatic heterocycles. The van der Waals surface area contributed by atoms with Crippen molar-refractivity contribution >= 4 is 29.4 Å². The minimum Gasteiger partial charge on any atom is -0.355 e. The first kappa shape index (κ1) is 21.0. The van der Waals surface area contributed by atoms with E-state index < -0.39 is 29.9 Å². The first-order chi connectivity index (χ1) is 14.4. The quantitative estimate of drug-likeness (QED) is 0.611. The summed E-state index contributed by atoms with van der Waals surface area (Å²) in [5.41, 5.74) is 0.444. The number of hydrogen-bond acceptors (Lipinski definition) is 4. The first-order valence-corrected chi connectivity index (χ1v) is 9.73. The third-order valence-electron chi connectivity index (χ3n) is 5.03. The van der Waals surface area contributed by atoms with E-state index in [2.05, 4.69) is 16.0 Å². The van der Waals surface area contributed by atoms with Gasteiger partial charge in [0.15, 0.2) is 0 Å². The van der Waals surface area contributed by atoms with Crippen LogP contribution in [0.3, 0.4) is 0 Å². The van der Waals surface area contributed by atoms with Crippen LogP contribution in [0.15, 0.2) is 54.6 Å². The van der Waals surface area contributed by atoms with Gasteiger partial charge in [-0.05, 0) is 36.2 Å². The fourth-order valence-corrected chi connectivity index (χ4v) is 3.57. The molecule has 1 unspecified atom stereocenters. The van der Waals surface area contributed by atoms with E-state index in [1.165, 1.54) is 7.05 Å². The van der Waals surface area contributed by atoms with Crippen LogP contribution in [-0.4, -0.2) is 42.2 Å². The number of carbonyl (C=O) groups is 4. The number of imide groups is 1. The molecule has 3 N–H and O–H groups in total. The summed E-state index contributed by atoms with van der Waals surface area (Å²) in [7, 11) is 1.53. The Morgan fingerprint density at radius 2 is 1.70 bits per heavy atom. The fourth-order valence-electron chi connectivity index (χ4n) is 3.57. The fraction of sp³-hybridized carbons (Fsp3) is 0.273. The zero-order valence-corrected chi connectivity index (χ0v) is 16.9. The second-order valence-corrected chi connectivity index (χ2v) is 7.05. The Labute approximate surface area is 174 Å². The maximum atomic E-state index is 13.2. The molecule has 1 fully saturated rings. The van der Waals surface area contributed by atoms with Crippen molar-refractivity contribution in [2.75, 3.05) is 18.9 Å². The van der Waals surface area contributed by atoms with Gasteiger partial charge in [-0.1, -0.05) is 43.7 Å². The molecule has 0 aliphatic carbocycles. The van der Waals surface area contributed by atoms with Crippen molar-refractivity contribution in [3.05, 3.63) is 65.7 Å². The Morgan fingerprint density at radius 3 is 2.30 bits per heavy atom. The van der Waals surface area contributed by atoms with Crippen LogP contribution in [0.1, 0.15) is 35.7 Å². The van der Waals surface area contributed by atoms with Crippen molar-refractivity contribution in [1.29, 1.82) is 0 Å². The molecule has 8 nitrogen and oxygen atoms in total. The van der Waals surface area contributed by atoms with Crippen molar-refractivity contribution in [3.8, 4) is 0 Å². The predicted molar refractivity (Wildman–Crippen MR) is 112 cm³/mol. The minimum absolute atomic E-state index is 0.236. The molecule has 2 aromatic carbocycles. The van der Waals surface area contributed by atoms with Gasteiger partial charge >= 0.3 is 6.03 Å². The number of nitrogens with one attached hydrogen (secondary N) is 3. The van der Waals surface area contributed by atoms with Crippen LogP contribution >= 0.6 is 0 Å². The summed E-state index contributed by atoms with van der Waals surface area (Å²) in [6.07, 6.45) is 1.11. The normalized spacial score (nSPS) is 18.1. The largest absolute Gasteiger partial charge is 0.355 e. The van der Waals surface area contributed by atoms with E-state index in [9.17, 15) is 19.2 Å². The Bertz CT molecular complexity index is 959. The predicted octanol–water partition coefficient (Wildman–Crippen LogP) is 2.23. The van der Waals surface area contributed by atoms with Gasteiger partial charge in [-0.3, -0.25) is 19.3 Å². The SMILES string of the molecule is CCCC1(c2ccccc2)NC(=O)N(CC(=O)Nc2ccc(C(=O)NC)cc2)C1=O. The molecule has 30 heavy (non-hydrogen) atoms. The van der Waals surface area contributed by atoms with E-state index in [1.807, 2.05) is 25.1 Å². The standard InChI is InChI=1S/C22H24N4O4/c1-3-13-22(16-7-5-4-6-8-16)20(29)26(21(30)25-22)14-18(27)24-17-11-9-15(10-12-17)19(28)23-2/h4-12H,3,13-14H2,1-2H3,(H,23,28)(H,24,27)(H,25,30). The van der Waals surface area contributed by atoms with Crippen LogP contribution in [0, 0.1) is 0 Å². The van der Waals surface area contributed by atoms with Gasteiger partial charge < -0.3 is 16.0 Å². The molecule has 1 aliphatic rings. The van der Waals surface area contributed by atoms with E-state index in [-0.39, 0.29) is 5.91 Å². The number of rotatable bonds is 7. The molecule has 8 heteroatoms. The van der Waals surface area contributed by atoms with Crippen molar-refractivity contribution in [3.63, 3.8) is 0 Å². The number of hydrogen-bond donors (Lipinski definition) is 3. The summed E-state index contributed by atoms with van der Waals surface area (Å²) in [5.74, 6) is -1.18. The summed E-state index contributed by atoms with van der Waals surface area (Å²) in [6, 6.07) is 14.8. The summed E-state index contributed by atoms with van der Waals surface area (Å²) in [4.78, 5) is 50.8. The van der Waals surface area contributed by atoms with Gasteiger partial charge in [-0.25, -0.2) is 4.79 Å². The maximum absolute atomic E-state index is 13.2. The van der Waals surface area contributed by atoms with Crippen LogP contribution in [-0.2, 0) is 15.1 Å². The van der Waals surface area contributed by atoms with Crippen molar-refractivity contribution in [2.24, 2.45) is 0 Å². The summed E-state index contributed by atoms with van der Waals surface area (Å²) >= 11 is 0. The lowest BCUT2D eigenvalue weighted by molar-refractivity contribution is -0.134. The van der Waals surface area contributed by atoms with Crippen LogP contribution in [0.25, 0.3) is 0 Å². The average Bonchev–Trinajstić information content (AvgIpc) is 2.99. The van der Waals surface area contributed by atoms with Gasteiger partial charge in [0.2, 0.25) is 5.91 Å². The van der Waals surface area contributed by atoms with Crippen LogP contribution in [0.5, 0.6) is 0 Å². The Balaban J connectivity index is 1.73. The van der Waals surface area contributed by atoms with E-state index >= 15 is 0 Å². The lowest BCUT2D eigenvalue weighted by Crippen LogP contribution is -2.44. The van der Waals surface area contributed by atoms with Gasteiger partial charge in [0, 0.05) is 18.3 Å². The number of urea groups is 1. The Hall–Kier alpha value is -3.68. The second-order valence-electron chi connectivity index (χ2n) is 7.05. The topological polar surface area (TPSA) is 108 Å². The van der Waals surface area contributed by atoms with E-state index in [4.69, 9.17) is 0 Å². The zero-order chi connectivity index (χ0) is 21.7. The zero-order valence-electron chi connectivity index (χ0n) is 16.9. The average molecular weight is 408 g/mol. The van der Waals surface area contributed by atoms with Crippen molar-refractivity contribution < 1.29 is 19.2 Å². The summed E-state index contributed by atoms with van der Waals surface area (Å²) in [5, 5.41) is 7.96. The van der Waals surface area contributed by atoms with Crippen LogP contribution in [0.4, 0.5) is 10.5 Å². The molecule has 0 bridgehead atoms. The molecule has 0 spiro atoms. The molecule has 1 saturated heterocycles. The number of amides is 5. The molecular formula is C22H24N4O4. The summed E-state index contributed by atoms with van der Waals surface area (Å²) < 4.78 is 0. The third-order valence-corrected chi connectivity index (χ3v) is 5.03. The van der Waals surface area contributed by atoms with Gasteiger partial charge in [0.25, 0.3) is 11.8 Å². The summed E-state index contributed by atoms with van der Waals surface area (Å²) in [6.45, 7) is 1.53. The van der Waals surface area contributed by atoms with Crippen molar-refractivity contribution in [1.82, 2.24) is 15.5 Å². The first-order valence-electron chi connectivity index (χ1n) is 9.73. The molecule has 1 aliphatic heterocycles. The number of benzene rings is 2.